The van der Waals surface area contributed by atoms with E-state index in [9.17, 15) is 4.79 Å². The predicted octanol–water partition coefficient (Wildman–Crippen LogP) is 1.39. The highest BCUT2D eigenvalue weighted by molar-refractivity contribution is 5.71. The maximum Gasteiger partial charge on any atom is 0.306 e. The summed E-state index contributed by atoms with van der Waals surface area (Å²) in [5, 5.41) is 0. The van der Waals surface area contributed by atoms with E-state index in [0.29, 0.717) is 6.42 Å². The summed E-state index contributed by atoms with van der Waals surface area (Å²) in [4.78, 5) is 10.9. The van der Waals surface area contributed by atoms with E-state index < -0.39 is 0 Å². The highest BCUT2D eigenvalue weighted by atomic mass is 16.5. The van der Waals surface area contributed by atoms with Crippen molar-refractivity contribution in [2.45, 2.75) is 25.0 Å². The van der Waals surface area contributed by atoms with Crippen LogP contribution < -0.4 is 5.73 Å². The summed E-state index contributed by atoms with van der Waals surface area (Å²) in [7, 11) is 0. The largest absolute Gasteiger partial charge is 0.460 e. The summed E-state index contributed by atoms with van der Waals surface area (Å²) >= 11 is 0. The summed E-state index contributed by atoms with van der Waals surface area (Å²) in [6.07, 6.45) is 1.07. The molecule has 1 aliphatic rings. The minimum Gasteiger partial charge on any atom is -0.460 e. The van der Waals surface area contributed by atoms with E-state index in [2.05, 4.69) is 0 Å². The second-order valence-electron chi connectivity index (χ2n) is 3.50. The third-order valence-corrected chi connectivity index (χ3v) is 2.50. The third-order valence-electron chi connectivity index (χ3n) is 2.50. The fraction of sp³-hybridized carbons (Fsp3) is 0.364. The summed E-state index contributed by atoms with van der Waals surface area (Å²) in [5.74, 6) is -0.138. The van der Waals surface area contributed by atoms with Gasteiger partial charge in [-0.3, -0.25) is 4.79 Å². The number of hydrogen-bond acceptors (Lipinski definition) is 3. The van der Waals surface area contributed by atoms with E-state index in [0.717, 1.165) is 12.0 Å². The van der Waals surface area contributed by atoms with Crippen molar-refractivity contribution in [3.8, 4) is 0 Å². The second-order valence-corrected chi connectivity index (χ2v) is 3.50. The Morgan fingerprint density at radius 2 is 2.07 bits per heavy atom. The van der Waals surface area contributed by atoms with Gasteiger partial charge in [0.25, 0.3) is 0 Å². The van der Waals surface area contributed by atoms with Crippen LogP contribution in [0.15, 0.2) is 30.3 Å². The molecule has 0 saturated carbocycles. The molecule has 2 rings (SSSR count). The van der Waals surface area contributed by atoms with Gasteiger partial charge >= 0.3 is 5.97 Å². The number of hydrogen-bond donors (Lipinski definition) is 1. The molecule has 1 aromatic carbocycles. The van der Waals surface area contributed by atoms with Crippen molar-refractivity contribution in [2.24, 2.45) is 5.73 Å². The van der Waals surface area contributed by atoms with Crippen molar-refractivity contribution in [1.82, 2.24) is 0 Å². The number of nitrogens with two attached hydrogens (primary N) is 1. The molecule has 1 aliphatic heterocycles. The lowest BCUT2D eigenvalue weighted by Crippen LogP contribution is -2.25. The van der Waals surface area contributed by atoms with Gasteiger partial charge in [-0.05, 0) is 12.0 Å². The van der Waals surface area contributed by atoms with Crippen LogP contribution in [0.3, 0.4) is 0 Å². The maximum atomic E-state index is 10.9. The average Bonchev–Trinajstić information content (AvgIpc) is 2.65. The third kappa shape index (κ3) is 1.77. The van der Waals surface area contributed by atoms with Crippen LogP contribution in [0.2, 0.25) is 0 Å². The van der Waals surface area contributed by atoms with Crippen molar-refractivity contribution < 1.29 is 9.53 Å². The highest BCUT2D eigenvalue weighted by Gasteiger charge is 2.29. The van der Waals surface area contributed by atoms with Gasteiger partial charge in [-0.25, -0.2) is 0 Å². The molecule has 0 bridgehead atoms. The Kier molecular flexibility index (Phi) is 2.50. The lowest BCUT2D eigenvalue weighted by atomic mass is 10.0. The molecule has 14 heavy (non-hydrogen) atoms. The van der Waals surface area contributed by atoms with Crippen LogP contribution in [-0.2, 0) is 9.53 Å². The zero-order valence-corrected chi connectivity index (χ0v) is 7.85. The number of carbonyl (C=O) groups excluding carboxylic acids is 1. The molecular weight excluding hydrogens is 178 g/mol. The fourth-order valence-corrected chi connectivity index (χ4v) is 1.69. The van der Waals surface area contributed by atoms with Gasteiger partial charge in [0.2, 0.25) is 0 Å². The molecule has 3 nitrogen and oxygen atoms in total. The molecule has 0 amide bonds. The van der Waals surface area contributed by atoms with Crippen molar-refractivity contribution in [2.75, 3.05) is 0 Å². The van der Waals surface area contributed by atoms with Gasteiger partial charge in [-0.2, -0.15) is 0 Å². The van der Waals surface area contributed by atoms with E-state index in [1.165, 1.54) is 0 Å². The van der Waals surface area contributed by atoms with Crippen molar-refractivity contribution >= 4 is 5.97 Å². The van der Waals surface area contributed by atoms with Gasteiger partial charge in [0.05, 0.1) is 6.04 Å². The molecule has 2 unspecified atom stereocenters. The Balaban J connectivity index is 2.09. The van der Waals surface area contributed by atoms with E-state index >= 15 is 0 Å². The molecule has 3 heteroatoms. The molecule has 2 atom stereocenters. The smallest absolute Gasteiger partial charge is 0.306 e. The topological polar surface area (TPSA) is 52.3 Å². The zero-order chi connectivity index (χ0) is 9.97. The first-order valence-corrected chi connectivity index (χ1v) is 4.77. The predicted molar refractivity (Wildman–Crippen MR) is 52.5 cm³/mol. The lowest BCUT2D eigenvalue weighted by Gasteiger charge is -2.17. The molecule has 74 valence electrons. The molecule has 1 heterocycles. The van der Waals surface area contributed by atoms with Crippen LogP contribution in [0.1, 0.15) is 24.4 Å². The molecule has 0 aromatic heterocycles. The van der Waals surface area contributed by atoms with Gasteiger partial charge < -0.3 is 10.5 Å². The SMILES string of the molecule is NC(c1ccccc1)C1CCC(=O)O1. The average molecular weight is 191 g/mol. The van der Waals surface area contributed by atoms with Crippen LogP contribution in [0.4, 0.5) is 0 Å². The molecule has 2 N–H and O–H groups in total. The van der Waals surface area contributed by atoms with E-state index in [1.54, 1.807) is 0 Å². The highest BCUT2D eigenvalue weighted by Crippen LogP contribution is 2.25. The number of benzene rings is 1. The number of esters is 1. The Hall–Kier alpha value is -1.35. The Labute approximate surface area is 82.9 Å². The Morgan fingerprint density at radius 3 is 2.64 bits per heavy atom. The minimum atomic E-state index is -0.192. The van der Waals surface area contributed by atoms with E-state index in [-0.39, 0.29) is 18.1 Å². The first-order chi connectivity index (χ1) is 6.77. The van der Waals surface area contributed by atoms with Crippen LogP contribution >= 0.6 is 0 Å². The molecule has 1 saturated heterocycles. The van der Waals surface area contributed by atoms with Gasteiger partial charge in [-0.15, -0.1) is 0 Å². The molecule has 0 radical (unpaired) electrons. The first kappa shape index (κ1) is 9.21. The Morgan fingerprint density at radius 1 is 1.36 bits per heavy atom. The van der Waals surface area contributed by atoms with Crippen LogP contribution in [-0.4, -0.2) is 12.1 Å². The standard InChI is InChI=1S/C11H13NO2/c12-11(8-4-2-1-3-5-8)9-6-7-10(13)14-9/h1-5,9,11H,6-7,12H2. The normalized spacial score (nSPS) is 23.2. The molecule has 1 aromatic rings. The minimum absolute atomic E-state index is 0.138. The number of rotatable bonds is 2. The lowest BCUT2D eigenvalue weighted by molar-refractivity contribution is -0.142. The van der Waals surface area contributed by atoms with Crippen LogP contribution in [0.5, 0.6) is 0 Å². The van der Waals surface area contributed by atoms with Gasteiger partial charge in [-0.1, -0.05) is 30.3 Å². The van der Waals surface area contributed by atoms with Crippen LogP contribution in [0.25, 0.3) is 0 Å². The maximum absolute atomic E-state index is 10.9. The summed E-state index contributed by atoms with van der Waals surface area (Å²) in [6, 6.07) is 9.53. The number of carbonyl (C=O) groups is 1. The van der Waals surface area contributed by atoms with Crippen molar-refractivity contribution in [3.63, 3.8) is 0 Å². The fourth-order valence-electron chi connectivity index (χ4n) is 1.69. The molecule has 0 spiro atoms. The quantitative estimate of drug-likeness (QED) is 0.719. The molecular formula is C11H13NO2. The molecule has 0 aliphatic carbocycles. The molecule has 1 fully saturated rings. The number of cyclic esters (lactones) is 1. The first-order valence-electron chi connectivity index (χ1n) is 4.77. The monoisotopic (exact) mass is 191 g/mol. The van der Waals surface area contributed by atoms with Gasteiger partial charge in [0.1, 0.15) is 6.10 Å². The van der Waals surface area contributed by atoms with Crippen molar-refractivity contribution in [1.29, 1.82) is 0 Å². The summed E-state index contributed by atoms with van der Waals surface area (Å²) in [6.45, 7) is 0. The van der Waals surface area contributed by atoms with E-state index in [1.807, 2.05) is 30.3 Å². The summed E-state index contributed by atoms with van der Waals surface area (Å²) in [5.41, 5.74) is 7.01. The summed E-state index contributed by atoms with van der Waals surface area (Å²) < 4.78 is 5.11. The van der Waals surface area contributed by atoms with Crippen molar-refractivity contribution in [3.05, 3.63) is 35.9 Å². The Bertz CT molecular complexity index is 323. The number of ether oxygens (including phenoxy) is 1. The van der Waals surface area contributed by atoms with Crippen LogP contribution in [0, 0.1) is 0 Å². The second kappa shape index (κ2) is 3.80. The van der Waals surface area contributed by atoms with Gasteiger partial charge in [0.15, 0.2) is 0 Å². The zero-order valence-electron chi connectivity index (χ0n) is 7.85. The van der Waals surface area contributed by atoms with E-state index in [4.69, 9.17) is 10.5 Å². The van der Waals surface area contributed by atoms with Gasteiger partial charge in [0, 0.05) is 6.42 Å².